The third-order valence-electron chi connectivity index (χ3n) is 3.15. The van der Waals surface area contributed by atoms with Crippen molar-refractivity contribution >= 4 is 65.9 Å². The number of carbonyl (C=O) groups excluding carboxylic acids is 2. The summed E-state index contributed by atoms with van der Waals surface area (Å²) < 4.78 is 18.0. The number of benzene rings is 2. The van der Waals surface area contributed by atoms with Crippen LogP contribution in [0.3, 0.4) is 0 Å². The normalized spacial score (nSPS) is 10.6. The lowest BCUT2D eigenvalue weighted by Crippen LogP contribution is -2.24. The number of nitrogens with one attached hydrogen (secondary N) is 1. The summed E-state index contributed by atoms with van der Waals surface area (Å²) in [6.07, 6.45) is 1.43. The number of ether oxygens (including phenoxy) is 3. The van der Waals surface area contributed by atoms with Crippen LogP contribution in [0.15, 0.2) is 48.9 Å². The summed E-state index contributed by atoms with van der Waals surface area (Å²) in [7, 11) is 1.46. The molecule has 0 unspecified atom stereocenters. The second kappa shape index (κ2) is 10.6. The lowest BCUT2D eigenvalue weighted by atomic mass is 10.2. The van der Waals surface area contributed by atoms with E-state index < -0.39 is 11.9 Å². The first-order chi connectivity index (χ1) is 13.3. The van der Waals surface area contributed by atoms with Crippen LogP contribution in [0.2, 0.25) is 0 Å². The Kier molecular flexibility index (Phi) is 8.46. The third kappa shape index (κ3) is 6.61. The minimum absolute atomic E-state index is 0.217. The van der Waals surface area contributed by atoms with E-state index in [1.54, 1.807) is 18.2 Å². The number of nitrogens with zero attached hydrogens (tertiary/aromatic N) is 1. The van der Waals surface area contributed by atoms with Crippen molar-refractivity contribution in [1.29, 1.82) is 0 Å². The van der Waals surface area contributed by atoms with E-state index in [1.807, 2.05) is 12.1 Å². The van der Waals surface area contributed by atoms with Gasteiger partial charge in [0.1, 0.15) is 5.75 Å². The first-order valence-corrected chi connectivity index (χ1v) is 10.1. The SMILES string of the molecule is COc1cc(C=NNC(=O)COc2c(Br)cc(Br)cc2Br)ccc1OC(C)=O. The van der Waals surface area contributed by atoms with Crippen molar-refractivity contribution < 1.29 is 23.8 Å². The maximum absolute atomic E-state index is 11.9. The third-order valence-corrected chi connectivity index (χ3v) is 4.79. The van der Waals surface area contributed by atoms with Gasteiger partial charge in [0.15, 0.2) is 18.1 Å². The van der Waals surface area contributed by atoms with Gasteiger partial charge in [-0.05, 0) is 67.8 Å². The summed E-state index contributed by atoms with van der Waals surface area (Å²) in [6.45, 7) is 1.09. The molecule has 7 nitrogen and oxygen atoms in total. The molecule has 0 aliphatic carbocycles. The van der Waals surface area contributed by atoms with Crippen molar-refractivity contribution in [2.24, 2.45) is 5.10 Å². The van der Waals surface area contributed by atoms with Crippen molar-refractivity contribution in [2.75, 3.05) is 13.7 Å². The molecule has 28 heavy (non-hydrogen) atoms. The molecule has 0 saturated heterocycles. The van der Waals surface area contributed by atoms with Crippen LogP contribution in [-0.4, -0.2) is 31.8 Å². The number of amides is 1. The topological polar surface area (TPSA) is 86.2 Å². The highest BCUT2D eigenvalue weighted by atomic mass is 79.9. The number of rotatable bonds is 7. The Balaban J connectivity index is 1.94. The quantitative estimate of drug-likeness (QED) is 0.227. The summed E-state index contributed by atoms with van der Waals surface area (Å²) >= 11 is 10.1. The second-order valence-corrected chi connectivity index (χ2v) is 7.91. The van der Waals surface area contributed by atoms with Gasteiger partial charge in [-0.2, -0.15) is 5.10 Å². The maximum atomic E-state index is 11.9. The number of esters is 1. The Morgan fingerprint density at radius 1 is 1.11 bits per heavy atom. The lowest BCUT2D eigenvalue weighted by Gasteiger charge is -2.10. The predicted molar refractivity (Wildman–Crippen MR) is 115 cm³/mol. The number of carbonyl (C=O) groups is 2. The van der Waals surface area contributed by atoms with E-state index in [4.69, 9.17) is 14.2 Å². The zero-order valence-corrected chi connectivity index (χ0v) is 19.6. The Bertz CT molecular complexity index is 895. The lowest BCUT2D eigenvalue weighted by molar-refractivity contribution is -0.132. The number of hydrogen-bond acceptors (Lipinski definition) is 6. The number of hydrogen-bond donors (Lipinski definition) is 1. The standard InChI is InChI=1S/C18H15Br3N2O5/c1-10(24)28-15-4-3-11(5-16(15)26-2)8-22-23-17(25)9-27-18-13(20)6-12(19)7-14(18)21/h3-8H,9H2,1-2H3,(H,23,25). The summed E-state index contributed by atoms with van der Waals surface area (Å²) in [5.74, 6) is 0.305. The van der Waals surface area contributed by atoms with E-state index >= 15 is 0 Å². The summed E-state index contributed by atoms with van der Waals surface area (Å²) in [5.41, 5.74) is 3.02. The minimum Gasteiger partial charge on any atom is -0.493 e. The van der Waals surface area contributed by atoms with Gasteiger partial charge in [0.25, 0.3) is 5.91 Å². The molecule has 1 amide bonds. The largest absolute Gasteiger partial charge is 0.493 e. The zero-order valence-electron chi connectivity index (χ0n) is 14.8. The van der Waals surface area contributed by atoms with Crippen molar-refractivity contribution in [3.05, 3.63) is 49.3 Å². The molecule has 0 aliphatic heterocycles. The predicted octanol–water partition coefficient (Wildman–Crippen LogP) is 4.44. The Morgan fingerprint density at radius 2 is 1.79 bits per heavy atom. The molecular weight excluding hydrogens is 564 g/mol. The molecule has 0 bridgehead atoms. The van der Waals surface area contributed by atoms with Crippen LogP contribution >= 0.6 is 47.8 Å². The highest BCUT2D eigenvalue weighted by molar-refractivity contribution is 9.11. The van der Waals surface area contributed by atoms with Gasteiger partial charge in [-0.15, -0.1) is 0 Å². The Labute approximate surface area is 186 Å². The molecule has 0 heterocycles. The van der Waals surface area contributed by atoms with E-state index in [0.29, 0.717) is 31.8 Å². The molecule has 10 heteroatoms. The molecular formula is C18H15Br3N2O5. The number of methoxy groups -OCH3 is 1. The van der Waals surface area contributed by atoms with Gasteiger partial charge in [0.05, 0.1) is 22.3 Å². The fourth-order valence-corrected chi connectivity index (χ4v) is 4.51. The van der Waals surface area contributed by atoms with Crippen LogP contribution in [-0.2, 0) is 9.59 Å². The number of hydrazone groups is 1. The van der Waals surface area contributed by atoms with E-state index in [9.17, 15) is 9.59 Å². The highest BCUT2D eigenvalue weighted by Gasteiger charge is 2.11. The molecule has 0 atom stereocenters. The highest BCUT2D eigenvalue weighted by Crippen LogP contribution is 2.36. The summed E-state index contributed by atoms with van der Waals surface area (Å²) in [6, 6.07) is 8.49. The molecule has 0 saturated carbocycles. The fourth-order valence-electron chi connectivity index (χ4n) is 2.02. The van der Waals surface area contributed by atoms with Crippen LogP contribution in [0.1, 0.15) is 12.5 Å². The maximum Gasteiger partial charge on any atom is 0.308 e. The molecule has 2 aromatic carbocycles. The van der Waals surface area contributed by atoms with E-state index in [1.165, 1.54) is 20.2 Å². The van der Waals surface area contributed by atoms with E-state index in [-0.39, 0.29) is 6.61 Å². The Morgan fingerprint density at radius 3 is 2.39 bits per heavy atom. The molecule has 0 aliphatic rings. The molecule has 0 radical (unpaired) electrons. The van der Waals surface area contributed by atoms with Crippen molar-refractivity contribution in [3.63, 3.8) is 0 Å². The average molecular weight is 579 g/mol. The first kappa shape index (κ1) is 22.4. The second-order valence-electron chi connectivity index (χ2n) is 5.28. The smallest absolute Gasteiger partial charge is 0.308 e. The van der Waals surface area contributed by atoms with Gasteiger partial charge < -0.3 is 14.2 Å². The fraction of sp³-hybridized carbons (Fsp3) is 0.167. The van der Waals surface area contributed by atoms with E-state index in [2.05, 4.69) is 58.3 Å². The van der Waals surface area contributed by atoms with Gasteiger partial charge in [-0.3, -0.25) is 9.59 Å². The van der Waals surface area contributed by atoms with Crippen molar-refractivity contribution in [1.82, 2.24) is 5.43 Å². The van der Waals surface area contributed by atoms with Crippen LogP contribution in [0.4, 0.5) is 0 Å². The average Bonchev–Trinajstić information content (AvgIpc) is 2.61. The summed E-state index contributed by atoms with van der Waals surface area (Å²) in [4.78, 5) is 23.0. The van der Waals surface area contributed by atoms with Crippen molar-refractivity contribution in [2.45, 2.75) is 6.92 Å². The molecule has 0 aromatic heterocycles. The molecule has 0 spiro atoms. The van der Waals surface area contributed by atoms with Gasteiger partial charge in [0, 0.05) is 11.4 Å². The van der Waals surface area contributed by atoms with Crippen molar-refractivity contribution in [3.8, 4) is 17.2 Å². The molecule has 1 N–H and O–H groups in total. The Hall–Kier alpha value is -1.91. The van der Waals surface area contributed by atoms with Crippen LogP contribution < -0.4 is 19.6 Å². The zero-order chi connectivity index (χ0) is 20.7. The molecule has 148 valence electrons. The van der Waals surface area contributed by atoms with Gasteiger partial charge in [-0.25, -0.2) is 5.43 Å². The molecule has 2 aromatic rings. The number of halogens is 3. The van der Waals surface area contributed by atoms with Crippen LogP contribution in [0.25, 0.3) is 0 Å². The first-order valence-electron chi connectivity index (χ1n) is 7.76. The molecule has 2 rings (SSSR count). The van der Waals surface area contributed by atoms with Gasteiger partial charge >= 0.3 is 5.97 Å². The van der Waals surface area contributed by atoms with Gasteiger partial charge in [-0.1, -0.05) is 15.9 Å². The minimum atomic E-state index is -0.448. The monoisotopic (exact) mass is 576 g/mol. The van der Waals surface area contributed by atoms with Crippen LogP contribution in [0, 0.1) is 0 Å². The van der Waals surface area contributed by atoms with E-state index in [0.717, 1.165) is 4.47 Å². The molecule has 0 fully saturated rings. The van der Waals surface area contributed by atoms with Crippen LogP contribution in [0.5, 0.6) is 17.2 Å². The van der Waals surface area contributed by atoms with Gasteiger partial charge in [0.2, 0.25) is 0 Å². The summed E-state index contributed by atoms with van der Waals surface area (Å²) in [5, 5.41) is 3.88.